The molecule has 2 aromatic rings. The minimum absolute atomic E-state index is 0.0384. The highest BCUT2D eigenvalue weighted by Crippen LogP contribution is 2.25. The van der Waals surface area contributed by atoms with E-state index in [0.717, 1.165) is 0 Å². The van der Waals surface area contributed by atoms with Crippen LogP contribution in [-0.2, 0) is 6.54 Å². The molecule has 0 aliphatic rings. The van der Waals surface area contributed by atoms with E-state index in [2.05, 4.69) is 30.0 Å². The van der Waals surface area contributed by atoms with Gasteiger partial charge in [0.25, 0.3) is 0 Å². The van der Waals surface area contributed by atoms with Gasteiger partial charge in [0.1, 0.15) is 5.82 Å². The van der Waals surface area contributed by atoms with Crippen molar-refractivity contribution in [3.05, 3.63) is 71.0 Å². The van der Waals surface area contributed by atoms with Crippen molar-refractivity contribution in [1.29, 1.82) is 0 Å². The second kappa shape index (κ2) is 6.83. The number of nitrogens with two attached hydrogens (primary N) is 1. The van der Waals surface area contributed by atoms with Gasteiger partial charge in [0.05, 0.1) is 0 Å². The Bertz CT molecular complexity index is 595. The van der Waals surface area contributed by atoms with Crippen LogP contribution in [0.1, 0.15) is 29.7 Å². The second-order valence-corrected chi connectivity index (χ2v) is 5.72. The molecule has 2 unspecified atom stereocenters. The van der Waals surface area contributed by atoms with Gasteiger partial charge < -0.3 is 5.73 Å². The van der Waals surface area contributed by atoms with Crippen molar-refractivity contribution >= 4 is 0 Å². The molecule has 0 aliphatic heterocycles. The highest BCUT2D eigenvalue weighted by molar-refractivity contribution is 5.26. The molecule has 0 spiro atoms. The third kappa shape index (κ3) is 3.90. The Kier molecular flexibility index (Phi) is 5.10. The fourth-order valence-corrected chi connectivity index (χ4v) is 2.81. The first-order valence-electron chi connectivity index (χ1n) is 7.25. The summed E-state index contributed by atoms with van der Waals surface area (Å²) in [5, 5.41) is 0. The van der Waals surface area contributed by atoms with Gasteiger partial charge in [0, 0.05) is 24.2 Å². The lowest BCUT2D eigenvalue weighted by Gasteiger charge is -2.32. The van der Waals surface area contributed by atoms with Crippen molar-refractivity contribution in [2.45, 2.75) is 32.5 Å². The van der Waals surface area contributed by atoms with Crippen LogP contribution in [0.3, 0.4) is 0 Å². The number of hydrogen-bond acceptors (Lipinski definition) is 2. The molecular weight excluding hydrogens is 263 g/mol. The zero-order chi connectivity index (χ0) is 15.4. The van der Waals surface area contributed by atoms with Crippen molar-refractivity contribution in [2.75, 3.05) is 7.05 Å². The Labute approximate surface area is 126 Å². The minimum atomic E-state index is -0.169. The van der Waals surface area contributed by atoms with Crippen LogP contribution in [0.15, 0.2) is 48.5 Å². The molecule has 0 aromatic heterocycles. The van der Waals surface area contributed by atoms with Crippen LogP contribution in [0.4, 0.5) is 4.39 Å². The molecule has 0 radical (unpaired) electrons. The van der Waals surface area contributed by atoms with Gasteiger partial charge >= 0.3 is 0 Å². The summed E-state index contributed by atoms with van der Waals surface area (Å²) in [5.74, 6) is -0.169. The fraction of sp³-hybridized carbons (Fsp3) is 0.333. The third-order valence-corrected chi connectivity index (χ3v) is 3.73. The van der Waals surface area contributed by atoms with Crippen LogP contribution in [0.25, 0.3) is 0 Å². The van der Waals surface area contributed by atoms with Crippen LogP contribution in [0, 0.1) is 12.7 Å². The molecule has 21 heavy (non-hydrogen) atoms. The first kappa shape index (κ1) is 15.7. The quantitative estimate of drug-likeness (QED) is 0.909. The number of halogens is 1. The van der Waals surface area contributed by atoms with Crippen LogP contribution in [0.5, 0.6) is 0 Å². The number of hydrogen-bond donors (Lipinski definition) is 1. The smallest absolute Gasteiger partial charge is 0.127 e. The number of rotatable bonds is 5. The molecule has 0 heterocycles. The van der Waals surface area contributed by atoms with Crippen LogP contribution >= 0.6 is 0 Å². The van der Waals surface area contributed by atoms with Gasteiger partial charge in [-0.15, -0.1) is 0 Å². The van der Waals surface area contributed by atoms with Crippen LogP contribution in [-0.4, -0.2) is 18.0 Å². The molecule has 0 saturated heterocycles. The number of benzene rings is 2. The maximum absolute atomic E-state index is 13.8. The average Bonchev–Trinajstić information content (AvgIpc) is 2.41. The second-order valence-electron chi connectivity index (χ2n) is 5.72. The lowest BCUT2D eigenvalue weighted by molar-refractivity contribution is 0.208. The summed E-state index contributed by atoms with van der Waals surface area (Å²) in [6.07, 6.45) is 0. The Morgan fingerprint density at radius 1 is 1.14 bits per heavy atom. The van der Waals surface area contributed by atoms with Gasteiger partial charge in [-0.2, -0.15) is 0 Å². The topological polar surface area (TPSA) is 29.3 Å². The van der Waals surface area contributed by atoms with E-state index < -0.39 is 0 Å². The Morgan fingerprint density at radius 3 is 2.48 bits per heavy atom. The summed E-state index contributed by atoms with van der Waals surface area (Å²) in [4.78, 5) is 2.11. The predicted molar refractivity (Wildman–Crippen MR) is 85.4 cm³/mol. The maximum atomic E-state index is 13.8. The maximum Gasteiger partial charge on any atom is 0.127 e. The van der Waals surface area contributed by atoms with E-state index in [0.29, 0.717) is 12.1 Å². The zero-order valence-corrected chi connectivity index (χ0v) is 12.9. The normalized spacial score (nSPS) is 14.2. The van der Waals surface area contributed by atoms with E-state index in [1.54, 1.807) is 6.07 Å². The number of likely N-dealkylation sites (N-methyl/N-ethyl adjacent to an activating group) is 1. The molecule has 2 N–H and O–H groups in total. The van der Waals surface area contributed by atoms with Crippen molar-refractivity contribution < 1.29 is 4.39 Å². The van der Waals surface area contributed by atoms with E-state index in [-0.39, 0.29) is 17.9 Å². The Morgan fingerprint density at radius 2 is 1.86 bits per heavy atom. The Balaban J connectivity index is 2.24. The lowest BCUT2D eigenvalue weighted by atomic mass is 9.97. The van der Waals surface area contributed by atoms with Gasteiger partial charge in [0.2, 0.25) is 0 Å². The van der Waals surface area contributed by atoms with E-state index in [1.807, 2.05) is 32.2 Å². The summed E-state index contributed by atoms with van der Waals surface area (Å²) in [7, 11) is 1.99. The molecule has 2 rings (SSSR count). The summed E-state index contributed by atoms with van der Waals surface area (Å²) >= 11 is 0. The average molecular weight is 286 g/mol. The van der Waals surface area contributed by atoms with Gasteiger partial charge in [0.15, 0.2) is 0 Å². The first-order valence-corrected chi connectivity index (χ1v) is 7.25. The van der Waals surface area contributed by atoms with Crippen molar-refractivity contribution in [1.82, 2.24) is 4.90 Å². The van der Waals surface area contributed by atoms with Gasteiger partial charge in [-0.25, -0.2) is 4.39 Å². The largest absolute Gasteiger partial charge is 0.326 e. The van der Waals surface area contributed by atoms with Gasteiger partial charge in [-0.3, -0.25) is 4.90 Å². The molecule has 2 aromatic carbocycles. The molecule has 0 amide bonds. The molecule has 0 aliphatic carbocycles. The standard InChI is InChI=1S/C18H23FN2/c1-13-7-6-9-15(11-13)18(14(2)20)21(3)12-16-8-4-5-10-17(16)19/h4-11,14,18H,12,20H2,1-3H3. The Hall–Kier alpha value is -1.71. The van der Waals surface area contributed by atoms with E-state index in [4.69, 9.17) is 5.73 Å². The molecule has 2 atom stereocenters. The highest BCUT2D eigenvalue weighted by Gasteiger charge is 2.22. The van der Waals surface area contributed by atoms with E-state index in [9.17, 15) is 4.39 Å². The van der Waals surface area contributed by atoms with Gasteiger partial charge in [-0.1, -0.05) is 48.0 Å². The van der Waals surface area contributed by atoms with Gasteiger partial charge in [-0.05, 0) is 32.5 Å². The molecule has 0 fully saturated rings. The molecule has 112 valence electrons. The third-order valence-electron chi connectivity index (χ3n) is 3.73. The molecule has 2 nitrogen and oxygen atoms in total. The molecule has 0 bridgehead atoms. The van der Waals surface area contributed by atoms with Crippen LogP contribution in [0.2, 0.25) is 0 Å². The monoisotopic (exact) mass is 286 g/mol. The summed E-state index contributed by atoms with van der Waals surface area (Å²) in [5.41, 5.74) is 9.25. The zero-order valence-electron chi connectivity index (χ0n) is 12.9. The lowest BCUT2D eigenvalue weighted by Crippen LogP contribution is -2.37. The predicted octanol–water partition coefficient (Wildman–Crippen LogP) is 3.65. The summed E-state index contributed by atoms with van der Waals surface area (Å²) in [6, 6.07) is 15.2. The highest BCUT2D eigenvalue weighted by atomic mass is 19.1. The molecule has 0 saturated carbocycles. The molecule has 3 heteroatoms. The van der Waals surface area contributed by atoms with E-state index >= 15 is 0 Å². The summed E-state index contributed by atoms with van der Waals surface area (Å²) < 4.78 is 13.8. The fourth-order valence-electron chi connectivity index (χ4n) is 2.81. The number of aryl methyl sites for hydroxylation is 1. The summed E-state index contributed by atoms with van der Waals surface area (Å²) in [6.45, 7) is 4.59. The van der Waals surface area contributed by atoms with E-state index in [1.165, 1.54) is 17.2 Å². The van der Waals surface area contributed by atoms with Crippen molar-refractivity contribution in [3.63, 3.8) is 0 Å². The number of nitrogens with zero attached hydrogens (tertiary/aromatic N) is 1. The van der Waals surface area contributed by atoms with Crippen LogP contribution < -0.4 is 5.73 Å². The van der Waals surface area contributed by atoms with Crippen molar-refractivity contribution in [2.24, 2.45) is 5.73 Å². The SMILES string of the molecule is Cc1cccc(C(C(C)N)N(C)Cc2ccccc2F)c1. The minimum Gasteiger partial charge on any atom is -0.326 e. The van der Waals surface area contributed by atoms with Crippen molar-refractivity contribution in [3.8, 4) is 0 Å². The molecular formula is C18H23FN2. The first-order chi connectivity index (χ1) is 9.99.